The van der Waals surface area contributed by atoms with Crippen LogP contribution < -0.4 is 5.32 Å². The van der Waals surface area contributed by atoms with E-state index < -0.39 is 0 Å². The molecule has 0 aliphatic carbocycles. The molecular formula is C21H37N5O3. The van der Waals surface area contributed by atoms with Gasteiger partial charge in [0.2, 0.25) is 5.89 Å². The van der Waals surface area contributed by atoms with Crippen LogP contribution >= 0.6 is 0 Å². The molecule has 8 nitrogen and oxygen atoms in total. The lowest BCUT2D eigenvalue weighted by Crippen LogP contribution is -2.50. The molecule has 2 saturated heterocycles. The van der Waals surface area contributed by atoms with Crippen molar-refractivity contribution in [2.24, 2.45) is 5.92 Å². The molecule has 0 saturated carbocycles. The standard InChI is InChI=1S/C21H37N5O3/c1-17(2)12-22-21(28)19-16-29-20(23-19)15-26-10-8-25(9-11-26)14-18(27)13-24-6-4-3-5-7-24/h16-18,27H,3-15H2,1-2H3,(H,22,28). The van der Waals surface area contributed by atoms with E-state index in [1.807, 2.05) is 0 Å². The Labute approximate surface area is 174 Å². The maximum Gasteiger partial charge on any atom is 0.273 e. The first-order valence-electron chi connectivity index (χ1n) is 11.1. The molecule has 0 spiro atoms. The highest BCUT2D eigenvalue weighted by molar-refractivity contribution is 5.91. The van der Waals surface area contributed by atoms with Gasteiger partial charge >= 0.3 is 0 Å². The summed E-state index contributed by atoms with van der Waals surface area (Å²) in [5.74, 6) is 0.805. The average Bonchev–Trinajstić information content (AvgIpc) is 3.17. The van der Waals surface area contributed by atoms with E-state index in [1.54, 1.807) is 0 Å². The summed E-state index contributed by atoms with van der Waals surface area (Å²) in [4.78, 5) is 23.4. The normalized spacial score (nSPS) is 20.8. The quantitative estimate of drug-likeness (QED) is 0.632. The van der Waals surface area contributed by atoms with E-state index in [0.717, 1.165) is 52.4 Å². The molecule has 8 heteroatoms. The number of piperazine rings is 1. The molecule has 3 rings (SSSR count). The predicted molar refractivity (Wildman–Crippen MR) is 112 cm³/mol. The molecule has 1 amide bonds. The molecule has 0 aromatic carbocycles. The van der Waals surface area contributed by atoms with Crippen LogP contribution in [-0.2, 0) is 6.54 Å². The zero-order valence-corrected chi connectivity index (χ0v) is 18.0. The fourth-order valence-corrected chi connectivity index (χ4v) is 3.99. The van der Waals surface area contributed by atoms with Crippen LogP contribution in [0, 0.1) is 5.92 Å². The lowest BCUT2D eigenvalue weighted by atomic mass is 10.1. The van der Waals surface area contributed by atoms with Gasteiger partial charge in [-0.1, -0.05) is 20.3 Å². The number of rotatable bonds is 9. The molecule has 29 heavy (non-hydrogen) atoms. The van der Waals surface area contributed by atoms with Gasteiger partial charge in [0.25, 0.3) is 5.91 Å². The van der Waals surface area contributed by atoms with Crippen LogP contribution in [0.4, 0.5) is 0 Å². The predicted octanol–water partition coefficient (Wildman–Crippen LogP) is 1.02. The van der Waals surface area contributed by atoms with Crippen LogP contribution in [0.25, 0.3) is 0 Å². The number of oxazole rings is 1. The minimum Gasteiger partial charge on any atom is -0.447 e. The Kier molecular flexibility index (Phi) is 8.47. The largest absolute Gasteiger partial charge is 0.447 e. The third-order valence-electron chi connectivity index (χ3n) is 5.67. The van der Waals surface area contributed by atoms with Crippen molar-refractivity contribution < 1.29 is 14.3 Å². The number of nitrogens with zero attached hydrogens (tertiary/aromatic N) is 4. The highest BCUT2D eigenvalue weighted by atomic mass is 16.3. The van der Waals surface area contributed by atoms with Crippen LogP contribution in [0.3, 0.4) is 0 Å². The van der Waals surface area contributed by atoms with Gasteiger partial charge in [-0.15, -0.1) is 0 Å². The molecule has 2 fully saturated rings. The minimum atomic E-state index is -0.279. The second-order valence-electron chi connectivity index (χ2n) is 8.82. The molecule has 0 bridgehead atoms. The number of hydrogen-bond donors (Lipinski definition) is 2. The Morgan fingerprint density at radius 3 is 2.34 bits per heavy atom. The number of likely N-dealkylation sites (tertiary alicyclic amines) is 1. The minimum absolute atomic E-state index is 0.179. The van der Waals surface area contributed by atoms with Crippen molar-refractivity contribution in [1.29, 1.82) is 0 Å². The Balaban J connectivity index is 1.36. The van der Waals surface area contributed by atoms with E-state index in [4.69, 9.17) is 4.42 Å². The molecule has 164 valence electrons. The maximum absolute atomic E-state index is 12.1. The Bertz CT molecular complexity index is 622. The van der Waals surface area contributed by atoms with E-state index >= 15 is 0 Å². The third-order valence-corrected chi connectivity index (χ3v) is 5.67. The van der Waals surface area contributed by atoms with E-state index in [1.165, 1.54) is 25.5 Å². The first-order valence-corrected chi connectivity index (χ1v) is 11.1. The molecule has 1 aromatic rings. The summed E-state index contributed by atoms with van der Waals surface area (Å²) in [6.45, 7) is 12.8. The van der Waals surface area contributed by atoms with E-state index in [-0.39, 0.29) is 12.0 Å². The summed E-state index contributed by atoms with van der Waals surface area (Å²) in [5.41, 5.74) is 0.347. The summed E-state index contributed by atoms with van der Waals surface area (Å²) in [6, 6.07) is 0. The second kappa shape index (κ2) is 11.1. The van der Waals surface area contributed by atoms with Crippen molar-refractivity contribution in [2.45, 2.75) is 45.8 Å². The van der Waals surface area contributed by atoms with Crippen LogP contribution in [0.1, 0.15) is 49.5 Å². The Hall–Kier alpha value is -1.48. The van der Waals surface area contributed by atoms with Gasteiger partial charge < -0.3 is 19.7 Å². The number of carbonyl (C=O) groups excluding carboxylic acids is 1. The fourth-order valence-electron chi connectivity index (χ4n) is 3.99. The van der Waals surface area contributed by atoms with Crippen molar-refractivity contribution in [1.82, 2.24) is 25.0 Å². The average molecular weight is 408 g/mol. The maximum atomic E-state index is 12.1. The van der Waals surface area contributed by atoms with Crippen LogP contribution in [0.2, 0.25) is 0 Å². The highest BCUT2D eigenvalue weighted by Gasteiger charge is 2.22. The first-order chi connectivity index (χ1) is 14.0. The van der Waals surface area contributed by atoms with E-state index in [0.29, 0.717) is 30.6 Å². The monoisotopic (exact) mass is 407 g/mol. The number of carbonyl (C=O) groups is 1. The Morgan fingerprint density at radius 1 is 1.07 bits per heavy atom. The van der Waals surface area contributed by atoms with Gasteiger partial charge in [0.05, 0.1) is 12.6 Å². The molecule has 1 unspecified atom stereocenters. The second-order valence-corrected chi connectivity index (χ2v) is 8.82. The summed E-state index contributed by atoms with van der Waals surface area (Å²) in [5, 5.41) is 13.3. The molecule has 2 aliphatic rings. The van der Waals surface area contributed by atoms with Crippen LogP contribution in [0.15, 0.2) is 10.7 Å². The number of amides is 1. The molecular weight excluding hydrogens is 370 g/mol. The van der Waals surface area contributed by atoms with Gasteiger partial charge in [0.15, 0.2) is 5.69 Å². The molecule has 3 heterocycles. The lowest BCUT2D eigenvalue weighted by molar-refractivity contribution is 0.0434. The summed E-state index contributed by atoms with van der Waals surface area (Å²) >= 11 is 0. The summed E-state index contributed by atoms with van der Waals surface area (Å²) in [7, 11) is 0. The van der Waals surface area contributed by atoms with Crippen molar-refractivity contribution in [3.63, 3.8) is 0 Å². The number of aliphatic hydroxyl groups is 1. The van der Waals surface area contributed by atoms with Crippen LogP contribution in [-0.4, -0.2) is 95.7 Å². The third kappa shape index (κ3) is 7.37. The van der Waals surface area contributed by atoms with Crippen molar-refractivity contribution >= 4 is 5.91 Å². The van der Waals surface area contributed by atoms with Gasteiger partial charge in [-0.3, -0.25) is 14.6 Å². The number of β-amino-alcohol motifs (C(OH)–C–C–N with tert-alkyl or cyclic N) is 1. The number of aromatic nitrogens is 1. The first kappa shape index (κ1) is 22.2. The fraction of sp³-hybridized carbons (Fsp3) is 0.810. The van der Waals surface area contributed by atoms with Crippen molar-refractivity contribution in [3.8, 4) is 0 Å². The molecule has 2 aliphatic heterocycles. The topological polar surface area (TPSA) is 85.1 Å². The van der Waals surface area contributed by atoms with E-state index in [9.17, 15) is 9.90 Å². The summed E-state index contributed by atoms with van der Waals surface area (Å²) < 4.78 is 5.50. The molecule has 1 atom stereocenters. The van der Waals surface area contributed by atoms with Gasteiger partial charge in [-0.2, -0.15) is 0 Å². The Morgan fingerprint density at radius 2 is 1.69 bits per heavy atom. The number of hydrogen-bond acceptors (Lipinski definition) is 7. The molecule has 1 aromatic heterocycles. The number of piperidine rings is 1. The zero-order valence-electron chi connectivity index (χ0n) is 18.0. The molecule has 0 radical (unpaired) electrons. The van der Waals surface area contributed by atoms with Gasteiger partial charge in [-0.25, -0.2) is 4.98 Å². The lowest BCUT2D eigenvalue weighted by Gasteiger charge is -2.36. The zero-order chi connectivity index (χ0) is 20.6. The highest BCUT2D eigenvalue weighted by Crippen LogP contribution is 2.12. The SMILES string of the molecule is CC(C)CNC(=O)c1coc(CN2CCN(CC(O)CN3CCCCC3)CC2)n1. The smallest absolute Gasteiger partial charge is 0.273 e. The van der Waals surface area contributed by atoms with Crippen molar-refractivity contribution in [3.05, 3.63) is 17.8 Å². The molecule has 2 N–H and O–H groups in total. The van der Waals surface area contributed by atoms with Crippen molar-refractivity contribution in [2.75, 3.05) is 58.9 Å². The van der Waals surface area contributed by atoms with Gasteiger partial charge in [0, 0.05) is 45.8 Å². The number of aliphatic hydroxyl groups excluding tert-OH is 1. The van der Waals surface area contributed by atoms with Gasteiger partial charge in [-0.05, 0) is 31.8 Å². The van der Waals surface area contributed by atoms with E-state index in [2.05, 4.69) is 38.8 Å². The number of nitrogens with one attached hydrogen (secondary N) is 1. The van der Waals surface area contributed by atoms with Crippen LogP contribution in [0.5, 0.6) is 0 Å². The summed E-state index contributed by atoms with van der Waals surface area (Å²) in [6.07, 6.45) is 5.00. The van der Waals surface area contributed by atoms with Gasteiger partial charge in [0.1, 0.15) is 6.26 Å².